The van der Waals surface area contributed by atoms with Crippen LogP contribution in [0, 0.1) is 0 Å². The van der Waals surface area contributed by atoms with Crippen LogP contribution in [0.25, 0.3) is 5.76 Å². The highest BCUT2D eigenvalue weighted by molar-refractivity contribution is 6.46. The molecule has 0 radical (unpaired) electrons. The number of nitrogens with zero attached hydrogens (tertiary/aromatic N) is 1. The monoisotopic (exact) mass is 469 g/mol. The average molecular weight is 470 g/mol. The third-order valence-corrected chi connectivity index (χ3v) is 5.49. The Balaban J connectivity index is 2.15. The fourth-order valence-corrected chi connectivity index (χ4v) is 4.01. The Morgan fingerprint density at radius 3 is 2.41 bits per heavy atom. The number of hydrogen-bond acceptors (Lipinski definition) is 7. The molecule has 1 saturated heterocycles. The first kappa shape index (κ1) is 25.1. The second kappa shape index (κ2) is 11.1. The molecule has 3 rings (SSSR count). The van der Waals surface area contributed by atoms with Crippen LogP contribution in [-0.2, 0) is 14.3 Å². The number of benzene rings is 2. The maximum Gasteiger partial charge on any atom is 0.295 e. The molecule has 1 aliphatic rings. The van der Waals surface area contributed by atoms with Gasteiger partial charge in [-0.15, -0.1) is 0 Å². The molecule has 8 heteroatoms. The van der Waals surface area contributed by atoms with Crippen LogP contribution in [0.3, 0.4) is 0 Å². The fraction of sp³-hybridized carbons (Fsp3) is 0.385. The minimum absolute atomic E-state index is 0.0105. The quantitative estimate of drug-likeness (QED) is 0.244. The smallest absolute Gasteiger partial charge is 0.295 e. The molecule has 0 bridgehead atoms. The molecule has 1 amide bonds. The van der Waals surface area contributed by atoms with Crippen molar-refractivity contribution in [3.05, 3.63) is 59.2 Å². The normalized spacial score (nSPS) is 17.4. The number of methoxy groups -OCH3 is 3. The number of ketones is 1. The number of carbonyl (C=O) groups is 2. The van der Waals surface area contributed by atoms with Gasteiger partial charge in [0.05, 0.1) is 31.9 Å². The highest BCUT2D eigenvalue weighted by Crippen LogP contribution is 2.41. The lowest BCUT2D eigenvalue weighted by Crippen LogP contribution is -2.31. The van der Waals surface area contributed by atoms with E-state index in [2.05, 4.69) is 0 Å². The van der Waals surface area contributed by atoms with E-state index in [0.29, 0.717) is 47.9 Å². The summed E-state index contributed by atoms with van der Waals surface area (Å²) in [5.41, 5.74) is 1.01. The molecule has 1 unspecified atom stereocenters. The lowest BCUT2D eigenvalue weighted by atomic mass is 9.95. The van der Waals surface area contributed by atoms with Crippen LogP contribution in [0.4, 0.5) is 0 Å². The summed E-state index contributed by atoms with van der Waals surface area (Å²) >= 11 is 0. The Labute approximate surface area is 199 Å². The van der Waals surface area contributed by atoms with Gasteiger partial charge in [-0.25, -0.2) is 0 Å². The predicted octanol–water partition coefficient (Wildman–Crippen LogP) is 3.95. The predicted molar refractivity (Wildman–Crippen MR) is 127 cm³/mol. The number of hydrogen-bond donors (Lipinski definition) is 1. The molecule has 0 spiro atoms. The second-order valence-electron chi connectivity index (χ2n) is 8.15. The molecule has 1 aliphatic heterocycles. The fourth-order valence-electron chi connectivity index (χ4n) is 4.01. The van der Waals surface area contributed by atoms with Crippen LogP contribution in [0.2, 0.25) is 0 Å². The topological polar surface area (TPSA) is 94.5 Å². The molecule has 34 heavy (non-hydrogen) atoms. The zero-order chi connectivity index (χ0) is 24.8. The van der Waals surface area contributed by atoms with Gasteiger partial charge in [0, 0.05) is 25.8 Å². The lowest BCUT2D eigenvalue weighted by Gasteiger charge is -2.26. The number of aliphatic hydroxyl groups is 1. The highest BCUT2D eigenvalue weighted by atomic mass is 16.5. The number of ether oxygens (including phenoxy) is 4. The molecular formula is C26H31NO7. The molecule has 1 atom stereocenters. The van der Waals surface area contributed by atoms with E-state index in [4.69, 9.17) is 18.9 Å². The van der Waals surface area contributed by atoms with E-state index in [1.807, 2.05) is 26.0 Å². The van der Waals surface area contributed by atoms with Crippen LogP contribution in [0.15, 0.2) is 48.0 Å². The summed E-state index contributed by atoms with van der Waals surface area (Å²) in [5, 5.41) is 11.3. The van der Waals surface area contributed by atoms with Gasteiger partial charge in [0.2, 0.25) is 0 Å². The van der Waals surface area contributed by atoms with Crippen LogP contribution in [0.5, 0.6) is 17.2 Å². The Kier molecular flexibility index (Phi) is 8.17. The number of amides is 1. The van der Waals surface area contributed by atoms with E-state index in [1.165, 1.54) is 19.1 Å². The third kappa shape index (κ3) is 5.17. The van der Waals surface area contributed by atoms with Crippen molar-refractivity contribution in [2.75, 3.05) is 34.5 Å². The Morgan fingerprint density at radius 1 is 1.03 bits per heavy atom. The van der Waals surface area contributed by atoms with Crippen LogP contribution >= 0.6 is 0 Å². The summed E-state index contributed by atoms with van der Waals surface area (Å²) in [6, 6.07) is 11.3. The van der Waals surface area contributed by atoms with Crippen LogP contribution in [-0.4, -0.2) is 62.3 Å². The zero-order valence-corrected chi connectivity index (χ0v) is 20.2. The summed E-state index contributed by atoms with van der Waals surface area (Å²) < 4.78 is 21.6. The van der Waals surface area contributed by atoms with Crippen molar-refractivity contribution in [2.24, 2.45) is 0 Å². The molecular weight excluding hydrogens is 438 g/mol. The third-order valence-electron chi connectivity index (χ3n) is 5.49. The minimum Gasteiger partial charge on any atom is -0.507 e. The number of rotatable bonds is 10. The molecule has 1 fully saturated rings. The van der Waals surface area contributed by atoms with Gasteiger partial charge < -0.3 is 29.0 Å². The van der Waals surface area contributed by atoms with Gasteiger partial charge in [0.15, 0.2) is 11.5 Å². The Morgan fingerprint density at radius 2 is 1.76 bits per heavy atom. The average Bonchev–Trinajstić information content (AvgIpc) is 3.08. The van der Waals surface area contributed by atoms with E-state index in [9.17, 15) is 14.7 Å². The molecule has 2 aromatic carbocycles. The van der Waals surface area contributed by atoms with Gasteiger partial charge in [-0.05, 0) is 56.2 Å². The van der Waals surface area contributed by atoms with Crippen molar-refractivity contribution in [1.82, 2.24) is 4.90 Å². The van der Waals surface area contributed by atoms with Crippen molar-refractivity contribution >= 4 is 17.4 Å². The molecule has 8 nitrogen and oxygen atoms in total. The summed E-state index contributed by atoms with van der Waals surface area (Å²) in [4.78, 5) is 27.7. The van der Waals surface area contributed by atoms with Gasteiger partial charge >= 0.3 is 0 Å². The van der Waals surface area contributed by atoms with Gasteiger partial charge in [-0.1, -0.05) is 12.1 Å². The summed E-state index contributed by atoms with van der Waals surface area (Å²) in [6.07, 6.45) is 0.494. The van der Waals surface area contributed by atoms with E-state index >= 15 is 0 Å². The van der Waals surface area contributed by atoms with Crippen LogP contribution < -0.4 is 14.2 Å². The molecule has 1 heterocycles. The van der Waals surface area contributed by atoms with Crippen molar-refractivity contribution < 1.29 is 33.6 Å². The van der Waals surface area contributed by atoms with Crippen molar-refractivity contribution in [3.8, 4) is 17.2 Å². The molecule has 0 aliphatic carbocycles. The van der Waals surface area contributed by atoms with Crippen molar-refractivity contribution in [3.63, 3.8) is 0 Å². The van der Waals surface area contributed by atoms with Crippen molar-refractivity contribution in [1.29, 1.82) is 0 Å². The number of aliphatic hydroxyl groups excluding tert-OH is 1. The standard InChI is InChI=1S/C26H31NO7/c1-16(2)34-19-9-6-8-17(14-19)23-22(25(29)26(30)27(23)12-7-13-31-3)24(28)18-10-11-20(32-4)21(15-18)33-5/h6,8-11,14-16,23,28H,7,12-13H2,1-5H3/b24-22+. The first-order chi connectivity index (χ1) is 16.3. The number of likely N-dealkylation sites (tertiary alicyclic amines) is 1. The SMILES string of the molecule is COCCCN1C(=O)C(=O)/C(=C(/O)c2ccc(OC)c(OC)c2)C1c1cccc(OC(C)C)c1. The van der Waals surface area contributed by atoms with E-state index < -0.39 is 17.7 Å². The summed E-state index contributed by atoms with van der Waals surface area (Å²) in [5.74, 6) is -0.211. The second-order valence-corrected chi connectivity index (χ2v) is 8.15. The maximum absolute atomic E-state index is 13.2. The van der Waals surface area contributed by atoms with E-state index in [0.717, 1.165) is 0 Å². The molecule has 0 aromatic heterocycles. The van der Waals surface area contributed by atoms with E-state index in [-0.39, 0.29) is 17.4 Å². The van der Waals surface area contributed by atoms with E-state index in [1.54, 1.807) is 37.4 Å². The lowest BCUT2D eigenvalue weighted by molar-refractivity contribution is -0.140. The summed E-state index contributed by atoms with van der Waals surface area (Å²) in [7, 11) is 4.57. The highest BCUT2D eigenvalue weighted by Gasteiger charge is 2.46. The molecule has 1 N–H and O–H groups in total. The zero-order valence-electron chi connectivity index (χ0n) is 20.2. The Hall–Kier alpha value is -3.52. The molecule has 182 valence electrons. The summed E-state index contributed by atoms with van der Waals surface area (Å²) in [6.45, 7) is 4.56. The number of Topliss-reactive ketones (excluding diaryl/α,β-unsaturated/α-hetero) is 1. The first-order valence-corrected chi connectivity index (χ1v) is 11.1. The first-order valence-electron chi connectivity index (χ1n) is 11.1. The van der Waals surface area contributed by atoms with Gasteiger partial charge in [-0.2, -0.15) is 0 Å². The van der Waals surface area contributed by atoms with Gasteiger partial charge in [0.1, 0.15) is 11.5 Å². The molecule has 0 saturated carbocycles. The van der Waals surface area contributed by atoms with Gasteiger partial charge in [0.25, 0.3) is 11.7 Å². The minimum atomic E-state index is -0.777. The Bertz CT molecular complexity index is 1080. The van der Waals surface area contributed by atoms with Gasteiger partial charge in [-0.3, -0.25) is 9.59 Å². The largest absolute Gasteiger partial charge is 0.507 e. The maximum atomic E-state index is 13.2. The van der Waals surface area contributed by atoms with Crippen molar-refractivity contribution in [2.45, 2.75) is 32.4 Å². The van der Waals surface area contributed by atoms with Crippen LogP contribution in [0.1, 0.15) is 37.4 Å². The molecule has 2 aromatic rings. The number of carbonyl (C=O) groups excluding carboxylic acids is 2.